The van der Waals surface area contributed by atoms with Crippen LogP contribution in [-0.4, -0.2) is 85.6 Å². The van der Waals surface area contributed by atoms with Gasteiger partial charge in [-0.3, -0.25) is 24.3 Å². The maximum Gasteiger partial charge on any atom is 0.420 e. The molecule has 0 unspecified atom stereocenters. The van der Waals surface area contributed by atoms with Gasteiger partial charge in [0.2, 0.25) is 11.8 Å². The van der Waals surface area contributed by atoms with E-state index in [1.165, 1.54) is 42.4 Å². The molecule has 67 heavy (non-hydrogen) atoms. The number of alkyl halides is 3. The first-order valence-electron chi connectivity index (χ1n) is 21.5. The summed E-state index contributed by atoms with van der Waals surface area (Å²) < 4.78 is 68.3. The molecule has 2 fully saturated rings. The van der Waals surface area contributed by atoms with E-state index in [2.05, 4.69) is 25.3 Å². The summed E-state index contributed by atoms with van der Waals surface area (Å²) in [5.41, 5.74) is -0.160. The molecule has 2 N–H and O–H groups in total. The largest absolute Gasteiger partial charge is 0.494 e. The number of aromatic amines is 1. The number of thiocarbonyl (C=S) groups is 1. The summed E-state index contributed by atoms with van der Waals surface area (Å²) in [4.78, 5) is 62.4. The van der Waals surface area contributed by atoms with Crippen LogP contribution >= 0.6 is 23.6 Å². The quantitative estimate of drug-likeness (QED) is 0.0584. The molecular formula is C47H49F4N9O5S2. The van der Waals surface area contributed by atoms with E-state index in [4.69, 9.17) is 21.7 Å². The van der Waals surface area contributed by atoms with Gasteiger partial charge in [0.05, 0.1) is 75.5 Å². The minimum atomic E-state index is -5.19. The molecule has 5 heterocycles. The minimum Gasteiger partial charge on any atom is -0.494 e. The van der Waals surface area contributed by atoms with E-state index in [-0.39, 0.29) is 29.6 Å². The number of thiazole rings is 1. The zero-order valence-electron chi connectivity index (χ0n) is 37.7. The standard InChI is InChI=1S/C47H49F4N9O5S2/c1-27-39(67-26-55-27)33-24-54-41(56-33)35-10-9-19-58(35)42(62)40(45(2,3)4)57-36(61)25-64-20-7-8-21-65-31-15-11-28(12-16-31)32-17-14-30(23-53-32)60-44(66)59(43(63)46(60,5)6)34-18-13-29(22-52)37(38(34)48)47(49,50)51/h11-18,23-24,26,35,40H,7-10,19-21,25H2,1-6H3,(H,54,56)(H,57,61)/t35-,40+/m0/s1. The summed E-state index contributed by atoms with van der Waals surface area (Å²) in [5.74, 6) is -1.74. The number of carbonyl (C=O) groups is 3. The number of aryl methyl sites for hydroxylation is 1. The molecule has 2 atom stereocenters. The van der Waals surface area contributed by atoms with Gasteiger partial charge < -0.3 is 29.6 Å². The van der Waals surface area contributed by atoms with Gasteiger partial charge in [-0.2, -0.15) is 18.4 Å². The Morgan fingerprint density at radius 3 is 2.42 bits per heavy atom. The lowest BCUT2D eigenvalue weighted by Crippen LogP contribution is -2.55. The number of benzene rings is 2. The second-order valence-electron chi connectivity index (χ2n) is 17.8. The lowest BCUT2D eigenvalue weighted by atomic mass is 9.85. The molecule has 3 amide bonds. The molecule has 0 aliphatic carbocycles. The number of H-pyrrole nitrogens is 1. The molecule has 2 aliphatic rings. The molecule has 0 spiro atoms. The van der Waals surface area contributed by atoms with Crippen LogP contribution in [0.4, 0.5) is 28.9 Å². The third kappa shape index (κ3) is 10.2. The molecule has 20 heteroatoms. The van der Waals surface area contributed by atoms with E-state index in [1.54, 1.807) is 36.0 Å². The Hall–Kier alpha value is -6.30. The SMILES string of the molecule is Cc1ncsc1-c1cnc([C@@H]2CCCN2C(=O)[C@@H](NC(=O)COCCCCOc2ccc(-c3ccc(N4C(=S)N(c5ccc(C#N)c(C(F)(F)F)c5F)C(=O)C4(C)C)cn3)cc2)C(C)(C)C)[nH]1. The second-order valence-corrected chi connectivity index (χ2v) is 19.0. The van der Waals surface area contributed by atoms with Gasteiger partial charge >= 0.3 is 6.18 Å². The molecule has 2 aromatic carbocycles. The molecular weight excluding hydrogens is 911 g/mol. The number of rotatable bonds is 15. The smallest absolute Gasteiger partial charge is 0.420 e. The Labute approximate surface area is 394 Å². The van der Waals surface area contributed by atoms with Crippen molar-refractivity contribution in [2.45, 2.75) is 91.0 Å². The number of imidazole rings is 1. The van der Waals surface area contributed by atoms with Gasteiger partial charge in [-0.25, -0.2) is 14.4 Å². The zero-order chi connectivity index (χ0) is 48.4. The third-order valence-electron chi connectivity index (χ3n) is 11.6. The van der Waals surface area contributed by atoms with Gasteiger partial charge in [0.25, 0.3) is 5.91 Å². The highest BCUT2D eigenvalue weighted by molar-refractivity contribution is 7.81. The molecule has 7 rings (SSSR count). The Morgan fingerprint density at radius 2 is 1.78 bits per heavy atom. The fraction of sp³-hybridized carbons (Fsp3) is 0.404. The van der Waals surface area contributed by atoms with Crippen molar-refractivity contribution in [2.24, 2.45) is 5.41 Å². The number of amides is 3. The number of ether oxygens (including phenoxy) is 2. The van der Waals surface area contributed by atoms with Crippen molar-refractivity contribution in [1.29, 1.82) is 5.26 Å². The summed E-state index contributed by atoms with van der Waals surface area (Å²) in [7, 11) is 0. The molecule has 14 nitrogen and oxygen atoms in total. The van der Waals surface area contributed by atoms with E-state index in [9.17, 15) is 32.8 Å². The van der Waals surface area contributed by atoms with E-state index in [1.807, 2.05) is 44.7 Å². The van der Waals surface area contributed by atoms with Crippen LogP contribution in [0.5, 0.6) is 5.75 Å². The number of unbranched alkanes of at least 4 members (excludes halogenated alkanes) is 1. The number of hydrogen-bond donors (Lipinski definition) is 2. The van der Waals surface area contributed by atoms with Crippen molar-refractivity contribution in [3.8, 4) is 33.6 Å². The number of hydrogen-bond acceptors (Lipinski definition) is 11. The average Bonchev–Trinajstić information content (AvgIpc) is 4.09. The summed E-state index contributed by atoms with van der Waals surface area (Å²) in [6.07, 6.45) is 0.914. The second kappa shape index (κ2) is 19.5. The van der Waals surface area contributed by atoms with E-state index < -0.39 is 51.7 Å². The fourth-order valence-electron chi connectivity index (χ4n) is 8.13. The van der Waals surface area contributed by atoms with Gasteiger partial charge in [0, 0.05) is 18.7 Å². The number of anilines is 2. The van der Waals surface area contributed by atoms with Gasteiger partial charge in [-0.1, -0.05) is 20.8 Å². The Kier molecular flexibility index (Phi) is 14.2. The van der Waals surface area contributed by atoms with Crippen LogP contribution in [0.3, 0.4) is 0 Å². The van der Waals surface area contributed by atoms with Crippen LogP contribution < -0.4 is 19.9 Å². The highest BCUT2D eigenvalue weighted by atomic mass is 32.1. The number of nitrogens with one attached hydrogen (secondary N) is 2. The van der Waals surface area contributed by atoms with E-state index >= 15 is 4.39 Å². The van der Waals surface area contributed by atoms with Crippen LogP contribution in [0.2, 0.25) is 0 Å². The minimum absolute atomic E-state index is 0.160. The molecule has 3 aromatic heterocycles. The maximum absolute atomic E-state index is 15.4. The topological polar surface area (TPSA) is 170 Å². The van der Waals surface area contributed by atoms with Gasteiger partial charge in [0.1, 0.15) is 35.3 Å². The average molecular weight is 960 g/mol. The number of halogens is 4. The van der Waals surface area contributed by atoms with Crippen molar-refractivity contribution < 1.29 is 41.4 Å². The fourth-order valence-corrected chi connectivity index (χ4v) is 9.42. The molecule has 0 bridgehead atoms. The van der Waals surface area contributed by atoms with Gasteiger partial charge in [-0.15, -0.1) is 11.3 Å². The highest BCUT2D eigenvalue weighted by Gasteiger charge is 2.52. The number of likely N-dealkylation sites (tertiary alicyclic amines) is 1. The third-order valence-corrected chi connectivity index (χ3v) is 13.0. The van der Waals surface area contributed by atoms with E-state index in [0.29, 0.717) is 60.5 Å². The first kappa shape index (κ1) is 48.6. The molecule has 0 saturated carbocycles. The van der Waals surface area contributed by atoms with Gasteiger partial charge in [-0.05, 0) is 113 Å². The van der Waals surface area contributed by atoms with Crippen molar-refractivity contribution in [3.63, 3.8) is 0 Å². The van der Waals surface area contributed by atoms with Crippen LogP contribution in [0, 0.1) is 29.5 Å². The summed E-state index contributed by atoms with van der Waals surface area (Å²) in [6, 6.07) is 12.6. The zero-order valence-corrected chi connectivity index (χ0v) is 39.3. The Morgan fingerprint density at radius 1 is 1.04 bits per heavy atom. The molecule has 2 aliphatic heterocycles. The van der Waals surface area contributed by atoms with Crippen molar-refractivity contribution in [3.05, 3.63) is 94.9 Å². The number of nitriles is 1. The molecule has 352 valence electrons. The first-order valence-corrected chi connectivity index (χ1v) is 22.8. The molecule has 5 aromatic rings. The maximum atomic E-state index is 15.4. The van der Waals surface area contributed by atoms with E-state index in [0.717, 1.165) is 46.8 Å². The van der Waals surface area contributed by atoms with Crippen LogP contribution in [0.25, 0.3) is 21.8 Å². The molecule has 0 radical (unpaired) electrons. The van der Waals surface area contributed by atoms with Gasteiger partial charge in [0.15, 0.2) is 10.9 Å². The monoisotopic (exact) mass is 959 g/mol. The van der Waals surface area contributed by atoms with Crippen LogP contribution in [0.1, 0.15) is 89.0 Å². The number of pyridine rings is 1. The first-order chi connectivity index (χ1) is 31.7. The summed E-state index contributed by atoms with van der Waals surface area (Å²) in [6.45, 7) is 11.8. The number of aromatic nitrogens is 4. The number of carbonyl (C=O) groups excluding carboxylic acids is 3. The lowest BCUT2D eigenvalue weighted by molar-refractivity contribution is -0.141. The Balaban J connectivity index is 0.864. The normalized spacial score (nSPS) is 16.7. The van der Waals surface area contributed by atoms with Crippen LogP contribution in [0.15, 0.2) is 66.4 Å². The number of nitrogens with zero attached hydrogens (tertiary/aromatic N) is 7. The highest BCUT2D eigenvalue weighted by Crippen LogP contribution is 2.42. The Bertz CT molecular complexity index is 2690. The van der Waals surface area contributed by atoms with Crippen molar-refractivity contribution in [2.75, 3.05) is 36.2 Å². The summed E-state index contributed by atoms with van der Waals surface area (Å²) in [5, 5.41) is 11.8. The predicted octanol–water partition coefficient (Wildman–Crippen LogP) is 8.92. The van der Waals surface area contributed by atoms with Crippen molar-refractivity contribution in [1.82, 2.24) is 30.2 Å². The lowest BCUT2D eigenvalue weighted by Gasteiger charge is -2.35. The summed E-state index contributed by atoms with van der Waals surface area (Å²) >= 11 is 7.07. The molecule has 2 saturated heterocycles. The van der Waals surface area contributed by atoms with Crippen molar-refractivity contribution >= 4 is 57.8 Å². The predicted molar refractivity (Wildman–Crippen MR) is 247 cm³/mol. The van der Waals surface area contributed by atoms with Crippen LogP contribution in [-0.2, 0) is 25.3 Å².